The first kappa shape index (κ1) is 15.4. The molecule has 110 valence electrons. The Hall–Kier alpha value is -1.94. The van der Waals surface area contributed by atoms with Crippen LogP contribution in [0.4, 0.5) is 4.39 Å². The van der Waals surface area contributed by atoms with Crippen molar-refractivity contribution in [2.75, 3.05) is 0 Å². The summed E-state index contributed by atoms with van der Waals surface area (Å²) >= 11 is 4.82. The second kappa shape index (κ2) is 6.68. The van der Waals surface area contributed by atoms with E-state index in [0.29, 0.717) is 17.2 Å². The molecule has 0 aliphatic rings. The van der Waals surface area contributed by atoms with Gasteiger partial charge in [0, 0.05) is 5.56 Å². The highest BCUT2D eigenvalue weighted by Gasteiger charge is 2.08. The first-order chi connectivity index (χ1) is 10.0. The third-order valence-corrected chi connectivity index (χ3v) is 3.74. The highest BCUT2D eigenvalue weighted by atomic mass is 32.1. The van der Waals surface area contributed by atoms with Gasteiger partial charge in [0.1, 0.15) is 10.7 Å². The van der Waals surface area contributed by atoms with Crippen LogP contribution in [0.15, 0.2) is 42.5 Å². The Morgan fingerprint density at radius 2 is 1.90 bits per heavy atom. The van der Waals surface area contributed by atoms with Gasteiger partial charge in [0.05, 0.1) is 0 Å². The quantitative estimate of drug-likeness (QED) is 0.808. The molecule has 2 rings (SSSR count). The number of thiocarbonyl (C=S) groups is 1. The Kier molecular flexibility index (Phi) is 4.91. The number of hydrogen-bond donors (Lipinski definition) is 1. The number of halogens is 1. The van der Waals surface area contributed by atoms with Crippen LogP contribution in [-0.2, 0) is 0 Å². The minimum atomic E-state index is -0.480. The molecule has 0 heterocycles. The summed E-state index contributed by atoms with van der Waals surface area (Å²) in [6.07, 6.45) is 1.08. The smallest absolute Gasteiger partial charge is 0.166 e. The van der Waals surface area contributed by atoms with Crippen molar-refractivity contribution in [2.45, 2.75) is 26.2 Å². The van der Waals surface area contributed by atoms with Crippen LogP contribution in [0.5, 0.6) is 11.5 Å². The summed E-state index contributed by atoms with van der Waals surface area (Å²) in [6, 6.07) is 12.2. The average molecular weight is 303 g/mol. The standard InChI is InChI=1S/C17H18FNOS/c1-3-11(2)12-4-7-14(8-5-12)20-16-9-6-13(17(19)21)10-15(16)18/h4-11H,3H2,1-2H3,(H2,19,21). The largest absolute Gasteiger partial charge is 0.454 e. The van der Waals surface area contributed by atoms with Crippen LogP contribution in [-0.4, -0.2) is 4.99 Å². The third-order valence-electron chi connectivity index (χ3n) is 3.51. The summed E-state index contributed by atoms with van der Waals surface area (Å²) in [5, 5.41) is 0. The van der Waals surface area contributed by atoms with Gasteiger partial charge < -0.3 is 10.5 Å². The van der Waals surface area contributed by atoms with Gasteiger partial charge >= 0.3 is 0 Å². The van der Waals surface area contributed by atoms with E-state index in [9.17, 15) is 4.39 Å². The molecule has 0 saturated heterocycles. The van der Waals surface area contributed by atoms with Gasteiger partial charge in [0.15, 0.2) is 11.6 Å². The monoisotopic (exact) mass is 303 g/mol. The van der Waals surface area contributed by atoms with Crippen LogP contribution in [0.3, 0.4) is 0 Å². The second-order valence-corrected chi connectivity index (χ2v) is 5.43. The molecule has 21 heavy (non-hydrogen) atoms. The van der Waals surface area contributed by atoms with Crippen molar-refractivity contribution in [3.05, 3.63) is 59.4 Å². The van der Waals surface area contributed by atoms with Gasteiger partial charge in [-0.05, 0) is 48.2 Å². The third kappa shape index (κ3) is 3.79. The predicted molar refractivity (Wildman–Crippen MR) is 87.5 cm³/mol. The van der Waals surface area contributed by atoms with Gasteiger partial charge in [0.2, 0.25) is 0 Å². The zero-order valence-corrected chi connectivity index (χ0v) is 12.9. The van der Waals surface area contributed by atoms with Crippen LogP contribution in [0.2, 0.25) is 0 Å². The van der Waals surface area contributed by atoms with Gasteiger partial charge in [-0.15, -0.1) is 0 Å². The fraction of sp³-hybridized carbons (Fsp3) is 0.235. The molecule has 0 aliphatic carbocycles. The topological polar surface area (TPSA) is 35.2 Å². The molecular weight excluding hydrogens is 285 g/mol. The van der Waals surface area contributed by atoms with E-state index >= 15 is 0 Å². The maximum Gasteiger partial charge on any atom is 0.166 e. The molecule has 0 saturated carbocycles. The van der Waals surface area contributed by atoms with E-state index in [0.717, 1.165) is 6.42 Å². The summed E-state index contributed by atoms with van der Waals surface area (Å²) in [4.78, 5) is 0.165. The van der Waals surface area contributed by atoms with E-state index in [1.807, 2.05) is 24.3 Å². The lowest BCUT2D eigenvalue weighted by atomic mass is 9.99. The Morgan fingerprint density at radius 3 is 2.43 bits per heavy atom. The molecule has 4 heteroatoms. The molecule has 0 bridgehead atoms. The fourth-order valence-electron chi connectivity index (χ4n) is 1.96. The van der Waals surface area contributed by atoms with E-state index in [1.165, 1.54) is 17.7 Å². The number of benzene rings is 2. The number of ether oxygens (including phenoxy) is 1. The summed E-state index contributed by atoms with van der Waals surface area (Å²) in [5.41, 5.74) is 7.20. The van der Waals surface area contributed by atoms with Crippen LogP contribution < -0.4 is 10.5 Å². The molecule has 0 fully saturated rings. The second-order valence-electron chi connectivity index (χ2n) is 4.99. The molecule has 2 N–H and O–H groups in total. The summed E-state index contributed by atoms with van der Waals surface area (Å²) < 4.78 is 19.5. The maximum absolute atomic E-state index is 13.9. The molecular formula is C17H18FNOS. The van der Waals surface area contributed by atoms with Crippen molar-refractivity contribution >= 4 is 17.2 Å². The van der Waals surface area contributed by atoms with Gasteiger partial charge in [0.25, 0.3) is 0 Å². The van der Waals surface area contributed by atoms with Crippen molar-refractivity contribution in [2.24, 2.45) is 5.73 Å². The van der Waals surface area contributed by atoms with Crippen LogP contribution >= 0.6 is 12.2 Å². The Labute approximate surface area is 129 Å². The first-order valence-electron chi connectivity index (χ1n) is 6.88. The molecule has 1 atom stereocenters. The molecule has 0 spiro atoms. The lowest BCUT2D eigenvalue weighted by Gasteiger charge is -2.11. The molecule has 1 unspecified atom stereocenters. The minimum Gasteiger partial charge on any atom is -0.454 e. The number of rotatable bonds is 5. The van der Waals surface area contributed by atoms with Crippen LogP contribution in [0, 0.1) is 5.82 Å². The molecule has 0 aliphatic heterocycles. The number of nitrogens with two attached hydrogens (primary N) is 1. The number of hydrogen-bond acceptors (Lipinski definition) is 2. The highest BCUT2D eigenvalue weighted by molar-refractivity contribution is 7.80. The van der Waals surface area contributed by atoms with Crippen molar-refractivity contribution in [1.29, 1.82) is 0 Å². The zero-order valence-electron chi connectivity index (χ0n) is 12.1. The van der Waals surface area contributed by atoms with E-state index in [4.69, 9.17) is 22.7 Å². The van der Waals surface area contributed by atoms with Gasteiger partial charge in [-0.2, -0.15) is 0 Å². The van der Waals surface area contributed by atoms with Gasteiger partial charge in [-0.3, -0.25) is 0 Å². The Balaban J connectivity index is 2.16. The zero-order chi connectivity index (χ0) is 15.4. The van der Waals surface area contributed by atoms with Gasteiger partial charge in [-0.1, -0.05) is 38.2 Å². The first-order valence-corrected chi connectivity index (χ1v) is 7.29. The van der Waals surface area contributed by atoms with E-state index in [-0.39, 0.29) is 10.7 Å². The molecule has 0 aromatic heterocycles. The van der Waals surface area contributed by atoms with E-state index < -0.39 is 5.82 Å². The average Bonchev–Trinajstić information content (AvgIpc) is 2.49. The Bertz CT molecular complexity index is 640. The van der Waals surface area contributed by atoms with Crippen molar-refractivity contribution in [3.8, 4) is 11.5 Å². The Morgan fingerprint density at radius 1 is 1.24 bits per heavy atom. The summed E-state index contributed by atoms with van der Waals surface area (Å²) in [7, 11) is 0. The maximum atomic E-state index is 13.9. The summed E-state index contributed by atoms with van der Waals surface area (Å²) in [6.45, 7) is 4.32. The molecule has 0 radical (unpaired) electrons. The van der Waals surface area contributed by atoms with Crippen molar-refractivity contribution in [1.82, 2.24) is 0 Å². The SMILES string of the molecule is CCC(C)c1ccc(Oc2ccc(C(N)=S)cc2F)cc1. The molecule has 0 amide bonds. The normalized spacial score (nSPS) is 12.0. The van der Waals surface area contributed by atoms with Crippen LogP contribution in [0.25, 0.3) is 0 Å². The van der Waals surface area contributed by atoms with Crippen LogP contribution in [0.1, 0.15) is 37.3 Å². The highest BCUT2D eigenvalue weighted by Crippen LogP contribution is 2.27. The van der Waals surface area contributed by atoms with E-state index in [1.54, 1.807) is 6.07 Å². The lowest BCUT2D eigenvalue weighted by molar-refractivity contribution is 0.442. The van der Waals surface area contributed by atoms with E-state index in [2.05, 4.69) is 13.8 Å². The fourth-order valence-corrected chi connectivity index (χ4v) is 2.09. The molecule has 2 aromatic carbocycles. The molecule has 2 nitrogen and oxygen atoms in total. The predicted octanol–water partition coefficient (Wildman–Crippen LogP) is 4.77. The summed E-state index contributed by atoms with van der Waals surface area (Å²) in [5.74, 6) is 0.780. The molecule has 2 aromatic rings. The van der Waals surface area contributed by atoms with Crippen molar-refractivity contribution in [3.63, 3.8) is 0 Å². The van der Waals surface area contributed by atoms with Gasteiger partial charge in [-0.25, -0.2) is 4.39 Å². The van der Waals surface area contributed by atoms with Crippen molar-refractivity contribution < 1.29 is 9.13 Å². The lowest BCUT2D eigenvalue weighted by Crippen LogP contribution is -2.09. The minimum absolute atomic E-state index is 0.159.